The Bertz CT molecular complexity index is 1150. The van der Waals surface area contributed by atoms with Crippen LogP contribution in [0.4, 0.5) is 5.82 Å². The van der Waals surface area contributed by atoms with Crippen molar-refractivity contribution in [2.24, 2.45) is 0 Å². The first-order chi connectivity index (χ1) is 12.7. The van der Waals surface area contributed by atoms with Crippen molar-refractivity contribution < 1.29 is 9.84 Å². The van der Waals surface area contributed by atoms with Crippen LogP contribution in [-0.2, 0) is 0 Å². The first-order valence-corrected chi connectivity index (χ1v) is 8.32. The summed E-state index contributed by atoms with van der Waals surface area (Å²) in [5.41, 5.74) is 7.95. The smallest absolute Gasteiger partial charge is 0.261 e. The Kier molecular flexibility index (Phi) is 4.06. The molecular weight excluding hydrogens is 332 g/mol. The first kappa shape index (κ1) is 16.2. The van der Waals surface area contributed by atoms with Crippen LogP contribution in [0.2, 0.25) is 0 Å². The van der Waals surface area contributed by atoms with Gasteiger partial charge in [-0.3, -0.25) is 4.79 Å². The number of para-hydroxylation sites is 1. The molecule has 0 amide bonds. The molecule has 0 aliphatic heterocycles. The quantitative estimate of drug-likeness (QED) is 0.479. The Morgan fingerprint density at radius 1 is 1.19 bits per heavy atom. The van der Waals surface area contributed by atoms with E-state index in [1.165, 1.54) is 0 Å². The summed E-state index contributed by atoms with van der Waals surface area (Å²) >= 11 is 0. The van der Waals surface area contributed by atoms with E-state index in [-0.39, 0.29) is 18.0 Å². The van der Waals surface area contributed by atoms with Gasteiger partial charge in [-0.1, -0.05) is 24.3 Å². The predicted molar refractivity (Wildman–Crippen MR) is 101 cm³/mol. The van der Waals surface area contributed by atoms with Gasteiger partial charge in [0, 0.05) is 24.5 Å². The Labute approximate surface area is 148 Å². The third-order valence-corrected chi connectivity index (χ3v) is 4.21. The van der Waals surface area contributed by atoms with Gasteiger partial charge in [-0.2, -0.15) is 5.10 Å². The summed E-state index contributed by atoms with van der Waals surface area (Å²) in [4.78, 5) is 15.3. The second-order valence-corrected chi connectivity index (χ2v) is 5.94. The molecule has 0 bridgehead atoms. The summed E-state index contributed by atoms with van der Waals surface area (Å²) in [6.07, 6.45) is 0.555. The molecule has 7 heteroatoms. The second-order valence-electron chi connectivity index (χ2n) is 5.94. The van der Waals surface area contributed by atoms with Gasteiger partial charge in [-0.25, -0.2) is 4.68 Å². The Balaban J connectivity index is 1.86. The fourth-order valence-corrected chi connectivity index (χ4v) is 2.98. The number of hydrogen-bond donors (Lipinski definition) is 3. The van der Waals surface area contributed by atoms with Crippen LogP contribution in [0.3, 0.4) is 0 Å². The molecule has 2 aromatic carbocycles. The Morgan fingerprint density at radius 2 is 2.04 bits per heavy atom. The Hall–Kier alpha value is -3.32. The highest BCUT2D eigenvalue weighted by Gasteiger charge is 2.16. The monoisotopic (exact) mass is 350 g/mol. The van der Waals surface area contributed by atoms with E-state index >= 15 is 0 Å². The molecule has 2 aromatic heterocycles. The number of benzene rings is 2. The number of hydrogen-bond acceptors (Lipinski definition) is 5. The number of anilines is 1. The molecule has 0 atom stereocenters. The van der Waals surface area contributed by atoms with Crippen LogP contribution < -0.4 is 16.0 Å². The van der Waals surface area contributed by atoms with Crippen molar-refractivity contribution in [3.05, 3.63) is 58.9 Å². The zero-order valence-electron chi connectivity index (χ0n) is 14.0. The molecule has 4 N–H and O–H groups in total. The molecule has 2 heterocycles. The summed E-state index contributed by atoms with van der Waals surface area (Å²) < 4.78 is 7.15. The van der Waals surface area contributed by atoms with Crippen LogP contribution in [-0.4, -0.2) is 33.1 Å². The standard InChI is InChI=1S/C19H18N4O3/c20-18-16-17(14-7-1-2-8-15(14)21-19(16)25)22-23(18)12-5-3-6-13(11-12)26-10-4-9-24/h1-3,5-8,11,24H,4,9-10,20H2,(H,21,25). The van der Waals surface area contributed by atoms with Gasteiger partial charge in [-0.15, -0.1) is 0 Å². The average molecular weight is 350 g/mol. The van der Waals surface area contributed by atoms with Crippen molar-refractivity contribution in [1.82, 2.24) is 14.8 Å². The molecule has 4 rings (SSSR count). The lowest BCUT2D eigenvalue weighted by atomic mass is 10.1. The molecule has 0 saturated carbocycles. The summed E-state index contributed by atoms with van der Waals surface area (Å²) in [6, 6.07) is 14.8. The van der Waals surface area contributed by atoms with Crippen molar-refractivity contribution in [3.63, 3.8) is 0 Å². The van der Waals surface area contributed by atoms with Crippen LogP contribution in [0.25, 0.3) is 27.5 Å². The van der Waals surface area contributed by atoms with Crippen molar-refractivity contribution in [2.45, 2.75) is 6.42 Å². The normalized spacial score (nSPS) is 11.3. The number of nitrogens with two attached hydrogens (primary N) is 1. The fourth-order valence-electron chi connectivity index (χ4n) is 2.98. The lowest BCUT2D eigenvalue weighted by molar-refractivity contribution is 0.233. The number of aromatic nitrogens is 3. The maximum absolute atomic E-state index is 12.5. The van der Waals surface area contributed by atoms with E-state index in [4.69, 9.17) is 15.6 Å². The number of nitrogen functional groups attached to an aromatic ring is 1. The van der Waals surface area contributed by atoms with Gasteiger partial charge >= 0.3 is 0 Å². The number of rotatable bonds is 5. The number of aliphatic hydroxyl groups excluding tert-OH is 1. The summed E-state index contributed by atoms with van der Waals surface area (Å²) in [6.45, 7) is 0.494. The molecule has 0 unspecified atom stereocenters. The lowest BCUT2D eigenvalue weighted by Crippen LogP contribution is -2.08. The molecule has 7 nitrogen and oxygen atoms in total. The highest BCUT2D eigenvalue weighted by Crippen LogP contribution is 2.27. The van der Waals surface area contributed by atoms with Gasteiger partial charge in [0.1, 0.15) is 22.5 Å². The topological polar surface area (TPSA) is 106 Å². The van der Waals surface area contributed by atoms with E-state index in [9.17, 15) is 4.79 Å². The predicted octanol–water partition coefficient (Wildman–Crippen LogP) is 2.21. The van der Waals surface area contributed by atoms with E-state index in [0.29, 0.717) is 35.4 Å². The fraction of sp³-hybridized carbons (Fsp3) is 0.158. The van der Waals surface area contributed by atoms with Crippen LogP contribution >= 0.6 is 0 Å². The number of pyridine rings is 1. The molecule has 4 aromatic rings. The molecule has 0 saturated heterocycles. The molecule has 0 fully saturated rings. The molecule has 0 spiro atoms. The van der Waals surface area contributed by atoms with Crippen LogP contribution in [0.1, 0.15) is 6.42 Å². The number of H-pyrrole nitrogens is 1. The highest BCUT2D eigenvalue weighted by molar-refractivity contribution is 6.06. The number of aliphatic hydroxyl groups is 1. The number of fused-ring (bicyclic) bond motifs is 3. The highest BCUT2D eigenvalue weighted by atomic mass is 16.5. The van der Waals surface area contributed by atoms with Crippen molar-refractivity contribution in [3.8, 4) is 11.4 Å². The maximum Gasteiger partial charge on any atom is 0.261 e. The summed E-state index contributed by atoms with van der Waals surface area (Å²) in [7, 11) is 0. The minimum absolute atomic E-state index is 0.0764. The zero-order valence-corrected chi connectivity index (χ0v) is 14.0. The summed E-state index contributed by atoms with van der Waals surface area (Å²) in [5, 5.41) is 14.7. The van der Waals surface area contributed by atoms with E-state index < -0.39 is 0 Å². The lowest BCUT2D eigenvalue weighted by Gasteiger charge is -2.08. The number of nitrogens with zero attached hydrogens (tertiary/aromatic N) is 2. The van der Waals surface area contributed by atoms with Gasteiger partial charge in [-0.05, 0) is 18.2 Å². The molecule has 26 heavy (non-hydrogen) atoms. The van der Waals surface area contributed by atoms with Gasteiger partial charge in [0.15, 0.2) is 0 Å². The minimum Gasteiger partial charge on any atom is -0.493 e. The number of aromatic amines is 1. The third-order valence-electron chi connectivity index (χ3n) is 4.21. The van der Waals surface area contributed by atoms with Crippen LogP contribution in [0.5, 0.6) is 5.75 Å². The van der Waals surface area contributed by atoms with Crippen molar-refractivity contribution >= 4 is 27.6 Å². The Morgan fingerprint density at radius 3 is 2.88 bits per heavy atom. The molecular formula is C19H18N4O3. The maximum atomic E-state index is 12.5. The van der Waals surface area contributed by atoms with Crippen molar-refractivity contribution in [2.75, 3.05) is 18.9 Å². The van der Waals surface area contributed by atoms with Crippen molar-refractivity contribution in [1.29, 1.82) is 0 Å². The largest absolute Gasteiger partial charge is 0.493 e. The minimum atomic E-state index is -0.266. The number of nitrogens with one attached hydrogen (secondary N) is 1. The van der Waals surface area contributed by atoms with Crippen LogP contribution in [0, 0.1) is 0 Å². The van der Waals surface area contributed by atoms with E-state index in [1.54, 1.807) is 10.7 Å². The number of ether oxygens (including phenoxy) is 1. The van der Waals surface area contributed by atoms with Crippen LogP contribution in [0.15, 0.2) is 53.3 Å². The summed E-state index contributed by atoms with van der Waals surface area (Å²) in [5.74, 6) is 0.924. The van der Waals surface area contributed by atoms with E-state index in [0.717, 1.165) is 10.9 Å². The third kappa shape index (κ3) is 2.68. The van der Waals surface area contributed by atoms with E-state index in [1.807, 2.05) is 42.5 Å². The molecule has 0 aliphatic carbocycles. The van der Waals surface area contributed by atoms with Gasteiger partial charge < -0.3 is 20.6 Å². The van der Waals surface area contributed by atoms with Gasteiger partial charge in [0.25, 0.3) is 5.56 Å². The molecule has 0 radical (unpaired) electrons. The zero-order chi connectivity index (χ0) is 18.1. The second kappa shape index (κ2) is 6.53. The van der Waals surface area contributed by atoms with Gasteiger partial charge in [0.2, 0.25) is 0 Å². The first-order valence-electron chi connectivity index (χ1n) is 8.32. The SMILES string of the molecule is Nc1c2c(=O)[nH]c3ccccc3c2nn1-c1cccc(OCCCO)c1. The van der Waals surface area contributed by atoms with Gasteiger partial charge in [0.05, 0.1) is 17.8 Å². The molecule has 0 aliphatic rings. The average Bonchev–Trinajstić information content (AvgIpc) is 3.01. The molecule has 132 valence electrons. The van der Waals surface area contributed by atoms with E-state index in [2.05, 4.69) is 10.1 Å².